The predicted molar refractivity (Wildman–Crippen MR) is 87.2 cm³/mol. The van der Waals surface area contributed by atoms with E-state index < -0.39 is 12.1 Å². The van der Waals surface area contributed by atoms with Gasteiger partial charge < -0.3 is 15.8 Å². The van der Waals surface area contributed by atoms with Crippen LogP contribution in [-0.4, -0.2) is 51.8 Å². The number of carbonyl (C=O) groups is 2. The summed E-state index contributed by atoms with van der Waals surface area (Å²) < 4.78 is 0. The topological polar surface area (TPSA) is 83.1 Å². The number of hydrogen-bond acceptors (Lipinski definition) is 5. The van der Waals surface area contributed by atoms with E-state index in [1.165, 1.54) is 14.2 Å². The smallest absolute Gasteiger partial charge is 0.238 e. The number of nitrogens with zero attached hydrogens (tertiary/aromatic N) is 1. The van der Waals surface area contributed by atoms with Crippen LogP contribution in [0.1, 0.15) is 31.9 Å². The summed E-state index contributed by atoms with van der Waals surface area (Å²) in [4.78, 5) is 27.9. The molecule has 22 heavy (non-hydrogen) atoms. The van der Waals surface area contributed by atoms with Gasteiger partial charge in [-0.2, -0.15) is 0 Å². The summed E-state index contributed by atoms with van der Waals surface area (Å²) in [5.74, 6) is -0.351. The van der Waals surface area contributed by atoms with Crippen molar-refractivity contribution in [2.24, 2.45) is 0 Å². The van der Waals surface area contributed by atoms with Crippen molar-refractivity contribution in [3.05, 3.63) is 30.1 Å². The summed E-state index contributed by atoms with van der Waals surface area (Å²) in [7, 11) is 11.9. The number of amides is 1. The fourth-order valence-electron chi connectivity index (χ4n) is 2.03. The zero-order valence-electron chi connectivity index (χ0n) is 12.7. The van der Waals surface area contributed by atoms with Gasteiger partial charge in [-0.1, -0.05) is 6.07 Å². The lowest BCUT2D eigenvalue weighted by molar-refractivity contribution is -0.124. The Kier molecular flexibility index (Phi) is 7.91. The van der Waals surface area contributed by atoms with Gasteiger partial charge in [-0.3, -0.25) is 14.6 Å². The molecule has 0 saturated carbocycles. The van der Waals surface area contributed by atoms with E-state index in [0.29, 0.717) is 0 Å². The molecular formula is C13H18B3N4O2. The summed E-state index contributed by atoms with van der Waals surface area (Å²) in [5, 5.41) is 8.08. The number of hydrogen-bond donors (Lipinski definition) is 3. The summed E-state index contributed by atoms with van der Waals surface area (Å²) >= 11 is 0. The van der Waals surface area contributed by atoms with E-state index in [1.807, 2.05) is 6.07 Å². The van der Waals surface area contributed by atoms with E-state index in [9.17, 15) is 9.59 Å². The summed E-state index contributed by atoms with van der Waals surface area (Å²) in [6.07, 6.45) is 3.43. The number of nitrogens with one attached hydrogen (secondary N) is 3. The number of pyridine rings is 1. The van der Waals surface area contributed by atoms with Crippen LogP contribution in [0.3, 0.4) is 0 Å². The molecule has 0 spiro atoms. The van der Waals surface area contributed by atoms with Crippen molar-refractivity contribution in [1.29, 1.82) is 0 Å². The molecule has 1 amide bonds. The molecule has 5 radical (unpaired) electrons. The highest BCUT2D eigenvalue weighted by molar-refractivity contribution is 6.87. The Morgan fingerprint density at radius 3 is 2.68 bits per heavy atom. The van der Waals surface area contributed by atoms with Gasteiger partial charge in [-0.05, 0) is 25.5 Å². The van der Waals surface area contributed by atoms with Crippen molar-refractivity contribution in [3.8, 4) is 0 Å². The molecule has 0 unspecified atom stereocenters. The molecular weight excluding hydrogens is 277 g/mol. The largest absolute Gasteiger partial charge is 0.362 e. The minimum absolute atomic E-state index is 0.0333. The maximum absolute atomic E-state index is 12.4. The Bertz CT molecular complexity index is 489. The maximum atomic E-state index is 12.4. The minimum atomic E-state index is -0.666. The van der Waals surface area contributed by atoms with Crippen LogP contribution in [0, 0.1) is 0 Å². The molecule has 1 aromatic rings. The molecule has 1 heterocycles. The highest BCUT2D eigenvalue weighted by atomic mass is 16.2. The third-order valence-electron chi connectivity index (χ3n) is 3.22. The second-order valence-corrected chi connectivity index (χ2v) is 5.02. The van der Waals surface area contributed by atoms with Crippen LogP contribution in [0.15, 0.2) is 24.5 Å². The van der Waals surface area contributed by atoms with Crippen LogP contribution < -0.4 is 15.8 Å². The van der Waals surface area contributed by atoms with E-state index in [2.05, 4.69) is 20.8 Å². The van der Waals surface area contributed by atoms with E-state index in [4.69, 9.17) is 15.7 Å². The van der Waals surface area contributed by atoms with Crippen LogP contribution in [-0.2, 0) is 9.59 Å². The van der Waals surface area contributed by atoms with E-state index in [0.717, 1.165) is 5.56 Å². The monoisotopic (exact) mass is 295 g/mol. The molecule has 3 N–H and O–H groups in total. The van der Waals surface area contributed by atoms with Crippen LogP contribution in [0.25, 0.3) is 0 Å². The molecule has 1 rings (SSSR count). The van der Waals surface area contributed by atoms with Crippen LogP contribution >= 0.6 is 0 Å². The average Bonchev–Trinajstić information content (AvgIpc) is 2.51. The fourth-order valence-corrected chi connectivity index (χ4v) is 2.03. The highest BCUT2D eigenvalue weighted by Gasteiger charge is 2.25. The Hall–Kier alpha value is -1.60. The number of ketones is 1. The van der Waals surface area contributed by atoms with Crippen molar-refractivity contribution < 1.29 is 9.59 Å². The van der Waals surface area contributed by atoms with Crippen molar-refractivity contribution in [2.75, 3.05) is 0 Å². The van der Waals surface area contributed by atoms with Gasteiger partial charge in [0, 0.05) is 32.6 Å². The quantitative estimate of drug-likeness (QED) is 0.506. The Balaban J connectivity index is 2.87. The average molecular weight is 295 g/mol. The third-order valence-corrected chi connectivity index (χ3v) is 3.22. The van der Waals surface area contributed by atoms with Crippen molar-refractivity contribution in [1.82, 2.24) is 20.8 Å². The second kappa shape index (κ2) is 9.43. The lowest BCUT2D eigenvalue weighted by Crippen LogP contribution is -2.56. The zero-order chi connectivity index (χ0) is 16.5. The van der Waals surface area contributed by atoms with Crippen LogP contribution in [0.5, 0.6) is 0 Å². The molecule has 0 aliphatic carbocycles. The number of Topliss-reactive ketones (excluding diaryl/α,β-unsaturated/α-hetero) is 1. The first-order valence-electron chi connectivity index (χ1n) is 6.95. The maximum Gasteiger partial charge on any atom is 0.238 e. The van der Waals surface area contributed by atoms with Crippen LogP contribution in [0.4, 0.5) is 0 Å². The second-order valence-electron chi connectivity index (χ2n) is 5.02. The molecule has 1 aromatic heterocycles. The molecule has 9 heteroatoms. The SMILES string of the molecule is [B][B]N[C@H](C(=O)N[C@@H](CC(C)=O)c1cccnc1)[C@H](C)N[B]. The van der Waals surface area contributed by atoms with E-state index >= 15 is 0 Å². The first-order chi connectivity index (χ1) is 10.5. The molecule has 111 valence electrons. The fraction of sp³-hybridized carbons (Fsp3) is 0.462. The van der Waals surface area contributed by atoms with Crippen molar-refractivity contribution in [3.63, 3.8) is 0 Å². The summed E-state index contributed by atoms with van der Waals surface area (Å²) in [5.41, 5.74) is 0.759. The summed E-state index contributed by atoms with van der Waals surface area (Å²) in [6, 6.07) is 2.09. The van der Waals surface area contributed by atoms with Crippen LogP contribution in [0.2, 0.25) is 0 Å². The van der Waals surface area contributed by atoms with E-state index in [-0.39, 0.29) is 24.2 Å². The third kappa shape index (κ3) is 5.65. The normalized spacial score (nSPS) is 14.6. The van der Waals surface area contributed by atoms with Gasteiger partial charge in [0.25, 0.3) is 0 Å². The van der Waals surface area contributed by atoms with Crippen molar-refractivity contribution in [2.45, 2.75) is 38.4 Å². The van der Waals surface area contributed by atoms with Gasteiger partial charge in [0.05, 0.1) is 12.1 Å². The first kappa shape index (κ1) is 18.5. The summed E-state index contributed by atoms with van der Waals surface area (Å²) in [6.45, 7) is 3.22. The standard InChI is InChI=1S/C13H18B3N4O2/c1-8(21)6-11(10-4-3-5-17-7-10)18-13(22)12(20-16-14)9(2)19-15/h3-5,7,9,11-12,19-20H,6H2,1-2H3,(H,18,22)/t9-,11-,12-/m0/s1. The van der Waals surface area contributed by atoms with Gasteiger partial charge in [0.2, 0.25) is 5.91 Å². The van der Waals surface area contributed by atoms with Gasteiger partial charge >= 0.3 is 0 Å². The molecule has 0 bridgehead atoms. The molecule has 0 aromatic carbocycles. The van der Waals surface area contributed by atoms with Gasteiger partial charge in [0.1, 0.15) is 13.1 Å². The minimum Gasteiger partial charge on any atom is -0.362 e. The zero-order valence-corrected chi connectivity index (χ0v) is 12.7. The molecule has 3 atom stereocenters. The Morgan fingerprint density at radius 2 is 2.18 bits per heavy atom. The van der Waals surface area contributed by atoms with Gasteiger partial charge in [-0.25, -0.2) is 0 Å². The number of rotatable bonds is 9. The Labute approximate surface area is 134 Å². The lowest BCUT2D eigenvalue weighted by atomic mass is 9.66. The highest BCUT2D eigenvalue weighted by Crippen LogP contribution is 2.16. The first-order valence-corrected chi connectivity index (χ1v) is 6.95. The lowest BCUT2D eigenvalue weighted by Gasteiger charge is -2.27. The molecule has 0 fully saturated rings. The predicted octanol–water partition coefficient (Wildman–Crippen LogP) is -1.06. The van der Waals surface area contributed by atoms with Crippen molar-refractivity contribution >= 4 is 34.7 Å². The Morgan fingerprint density at radius 1 is 1.45 bits per heavy atom. The molecule has 0 aliphatic rings. The van der Waals surface area contributed by atoms with E-state index in [1.54, 1.807) is 25.4 Å². The molecule has 0 aliphatic heterocycles. The van der Waals surface area contributed by atoms with Gasteiger partial charge in [0.15, 0.2) is 7.98 Å². The molecule has 0 saturated heterocycles. The number of carbonyl (C=O) groups excluding carboxylic acids is 2. The van der Waals surface area contributed by atoms with Gasteiger partial charge in [-0.15, -0.1) is 0 Å². The number of aromatic nitrogens is 1. The molecule has 6 nitrogen and oxygen atoms in total.